The van der Waals surface area contributed by atoms with Crippen molar-refractivity contribution < 1.29 is 0 Å². The summed E-state index contributed by atoms with van der Waals surface area (Å²) in [6.07, 6.45) is 9.02. The van der Waals surface area contributed by atoms with E-state index >= 15 is 0 Å². The Morgan fingerprint density at radius 2 is 2.00 bits per heavy atom. The van der Waals surface area contributed by atoms with E-state index in [-0.39, 0.29) is 5.37 Å². The number of likely N-dealkylation sites (tertiary alicyclic amines) is 1. The van der Waals surface area contributed by atoms with Crippen molar-refractivity contribution in [3.05, 3.63) is 36.0 Å². The van der Waals surface area contributed by atoms with Crippen LogP contribution in [0, 0.1) is 5.92 Å². The fraction of sp³-hybridized carbons (Fsp3) is 0.571. The van der Waals surface area contributed by atoms with Gasteiger partial charge in [0, 0.05) is 24.0 Å². The van der Waals surface area contributed by atoms with Gasteiger partial charge < -0.3 is 9.47 Å². The van der Waals surface area contributed by atoms with E-state index in [9.17, 15) is 0 Å². The maximum atomic E-state index is 4.87. The van der Waals surface area contributed by atoms with E-state index in [1.54, 1.807) is 0 Å². The largest absolute Gasteiger partial charge is 0.345 e. The zero-order valence-corrected chi connectivity index (χ0v) is 16.2. The number of hydrogen-bond donors (Lipinski definition) is 0. The van der Waals surface area contributed by atoms with Crippen molar-refractivity contribution in [2.24, 2.45) is 18.0 Å². The molecule has 0 spiro atoms. The molecule has 0 N–H and O–H groups in total. The van der Waals surface area contributed by atoms with Crippen molar-refractivity contribution in [2.45, 2.75) is 42.7 Å². The fourth-order valence-electron chi connectivity index (χ4n) is 4.26. The van der Waals surface area contributed by atoms with Crippen LogP contribution in [-0.2, 0) is 7.05 Å². The lowest BCUT2D eigenvalue weighted by Gasteiger charge is -2.26. The average Bonchev–Trinajstić information content (AvgIpc) is 3.19. The molecule has 0 saturated carbocycles. The molecular formula is C21H29N3S. The summed E-state index contributed by atoms with van der Waals surface area (Å²) in [4.78, 5) is 7.37. The second-order valence-electron chi connectivity index (χ2n) is 7.70. The number of rotatable bonds is 3. The molecule has 1 saturated heterocycles. The van der Waals surface area contributed by atoms with Gasteiger partial charge in [0.05, 0.1) is 5.69 Å². The Bertz CT molecular complexity index is 751. The van der Waals surface area contributed by atoms with Crippen molar-refractivity contribution in [1.29, 1.82) is 0 Å². The number of nitrogens with zero attached hydrogens (tertiary/aromatic N) is 3. The maximum Gasteiger partial charge on any atom is 0.135 e. The first-order valence-electron chi connectivity index (χ1n) is 9.62. The topological polar surface area (TPSA) is 20.5 Å². The molecule has 25 heavy (non-hydrogen) atoms. The predicted molar refractivity (Wildman–Crippen MR) is 110 cm³/mol. The molecule has 3 nitrogen and oxygen atoms in total. The predicted octanol–water partition coefficient (Wildman–Crippen LogP) is 4.88. The van der Waals surface area contributed by atoms with Crippen LogP contribution in [0.25, 0.3) is 10.9 Å². The van der Waals surface area contributed by atoms with E-state index in [0.717, 1.165) is 5.92 Å². The van der Waals surface area contributed by atoms with Crippen LogP contribution in [0.4, 0.5) is 0 Å². The number of thioether (sulfide) groups is 1. The third-order valence-electron chi connectivity index (χ3n) is 5.82. The summed E-state index contributed by atoms with van der Waals surface area (Å²) in [5.41, 5.74) is 2.64. The number of aliphatic imine (C=N–C) groups is 1. The van der Waals surface area contributed by atoms with E-state index in [0.29, 0.717) is 5.25 Å². The molecule has 1 fully saturated rings. The van der Waals surface area contributed by atoms with Crippen LogP contribution in [-0.4, -0.2) is 41.1 Å². The first-order chi connectivity index (χ1) is 12.2. The number of para-hydroxylation sites is 1. The molecule has 0 amide bonds. The molecule has 3 unspecified atom stereocenters. The third-order valence-corrected chi connectivity index (χ3v) is 7.10. The molecule has 1 aromatic carbocycles. The number of benzene rings is 1. The highest BCUT2D eigenvalue weighted by atomic mass is 32.2. The van der Waals surface area contributed by atoms with Crippen LogP contribution >= 0.6 is 11.8 Å². The number of fused-ring (bicyclic) bond motifs is 1. The lowest BCUT2D eigenvalue weighted by atomic mass is 9.92. The number of aromatic nitrogens is 1. The van der Waals surface area contributed by atoms with E-state index in [1.165, 1.54) is 61.8 Å². The molecule has 0 bridgehead atoms. The highest BCUT2D eigenvalue weighted by Crippen LogP contribution is 2.42. The Morgan fingerprint density at radius 1 is 1.12 bits per heavy atom. The summed E-state index contributed by atoms with van der Waals surface area (Å²) in [6.45, 7) is 2.53. The van der Waals surface area contributed by atoms with E-state index in [4.69, 9.17) is 4.99 Å². The van der Waals surface area contributed by atoms with Crippen LogP contribution < -0.4 is 0 Å². The zero-order valence-electron chi connectivity index (χ0n) is 15.4. The lowest BCUT2D eigenvalue weighted by molar-refractivity contribution is 0.253. The summed E-state index contributed by atoms with van der Waals surface area (Å²) in [6, 6.07) is 10.9. The Kier molecular flexibility index (Phi) is 5.18. The average molecular weight is 356 g/mol. The summed E-state index contributed by atoms with van der Waals surface area (Å²) in [5.74, 6) is 0.859. The fourth-order valence-corrected chi connectivity index (χ4v) is 5.62. The lowest BCUT2D eigenvalue weighted by Crippen LogP contribution is -2.26. The molecule has 3 heterocycles. The standard InChI is InChI=1S/C21H29N3S/c1-23-11-6-5-7-16(10-12-23)13-18-15-22-21(25-18)20-14-17-8-3-4-9-19(17)24(20)2/h3-4,8-9,14-16,18,21H,5-7,10-13H2,1-2H3. The molecule has 4 heteroatoms. The quantitative estimate of drug-likeness (QED) is 0.782. The van der Waals surface area contributed by atoms with Crippen molar-refractivity contribution in [2.75, 3.05) is 20.1 Å². The third kappa shape index (κ3) is 3.80. The molecule has 2 aromatic rings. The van der Waals surface area contributed by atoms with Gasteiger partial charge in [-0.15, -0.1) is 11.8 Å². The molecule has 2 aliphatic rings. The first kappa shape index (κ1) is 17.2. The van der Waals surface area contributed by atoms with Crippen LogP contribution in [0.3, 0.4) is 0 Å². The maximum absolute atomic E-state index is 4.87. The van der Waals surface area contributed by atoms with E-state index in [2.05, 4.69) is 60.1 Å². The van der Waals surface area contributed by atoms with Crippen LogP contribution in [0.2, 0.25) is 0 Å². The van der Waals surface area contributed by atoms with Crippen LogP contribution in [0.1, 0.15) is 43.2 Å². The second kappa shape index (κ2) is 7.55. The van der Waals surface area contributed by atoms with Gasteiger partial charge in [0.15, 0.2) is 0 Å². The van der Waals surface area contributed by atoms with Crippen LogP contribution in [0.15, 0.2) is 35.3 Å². The van der Waals surface area contributed by atoms with Gasteiger partial charge in [-0.3, -0.25) is 4.99 Å². The van der Waals surface area contributed by atoms with Crippen molar-refractivity contribution >= 4 is 28.9 Å². The second-order valence-corrected chi connectivity index (χ2v) is 9.03. The van der Waals surface area contributed by atoms with Gasteiger partial charge in [0.25, 0.3) is 0 Å². The molecule has 2 aliphatic heterocycles. The van der Waals surface area contributed by atoms with Crippen molar-refractivity contribution in [1.82, 2.24) is 9.47 Å². The summed E-state index contributed by atoms with van der Waals surface area (Å²) >= 11 is 2.04. The number of aryl methyl sites for hydroxylation is 1. The molecule has 134 valence electrons. The molecular weight excluding hydrogens is 326 g/mol. The molecule has 0 aliphatic carbocycles. The minimum Gasteiger partial charge on any atom is -0.345 e. The van der Waals surface area contributed by atoms with Crippen molar-refractivity contribution in [3.8, 4) is 0 Å². The Morgan fingerprint density at radius 3 is 2.88 bits per heavy atom. The van der Waals surface area contributed by atoms with Gasteiger partial charge in [-0.05, 0) is 62.8 Å². The minimum absolute atomic E-state index is 0.263. The number of hydrogen-bond acceptors (Lipinski definition) is 3. The minimum atomic E-state index is 0.263. The van der Waals surface area contributed by atoms with Gasteiger partial charge >= 0.3 is 0 Å². The van der Waals surface area contributed by atoms with Gasteiger partial charge in [0.1, 0.15) is 5.37 Å². The Labute approximate surface area is 155 Å². The van der Waals surface area contributed by atoms with E-state index in [1.807, 2.05) is 11.8 Å². The summed E-state index contributed by atoms with van der Waals surface area (Å²) in [7, 11) is 4.44. The highest BCUT2D eigenvalue weighted by Gasteiger charge is 2.27. The Hall–Kier alpha value is -1.26. The van der Waals surface area contributed by atoms with Gasteiger partial charge in [-0.25, -0.2) is 0 Å². The first-order valence-corrected chi connectivity index (χ1v) is 10.6. The SMILES string of the molecule is CN1CCCCC(CC2C=NC(c3cc4ccccc4n3C)S2)CC1. The zero-order chi connectivity index (χ0) is 17.2. The van der Waals surface area contributed by atoms with Crippen molar-refractivity contribution in [3.63, 3.8) is 0 Å². The molecule has 3 atom stereocenters. The van der Waals surface area contributed by atoms with Gasteiger partial charge in [-0.2, -0.15) is 0 Å². The van der Waals surface area contributed by atoms with Gasteiger partial charge in [0.2, 0.25) is 0 Å². The highest BCUT2D eigenvalue weighted by molar-refractivity contribution is 8.01. The van der Waals surface area contributed by atoms with E-state index < -0.39 is 0 Å². The molecule has 0 radical (unpaired) electrons. The molecule has 1 aromatic heterocycles. The summed E-state index contributed by atoms with van der Waals surface area (Å²) < 4.78 is 2.32. The van der Waals surface area contributed by atoms with Crippen LogP contribution in [0.5, 0.6) is 0 Å². The Balaban J connectivity index is 1.41. The smallest absolute Gasteiger partial charge is 0.135 e. The summed E-state index contributed by atoms with van der Waals surface area (Å²) in [5, 5.41) is 2.17. The normalized spacial score (nSPS) is 28.3. The monoisotopic (exact) mass is 355 g/mol. The molecule has 4 rings (SSSR count). The van der Waals surface area contributed by atoms with Gasteiger partial charge in [-0.1, -0.05) is 31.0 Å².